The molecule has 4 heteroatoms. The van der Waals surface area contributed by atoms with Gasteiger partial charge in [-0.25, -0.2) is 0 Å². The predicted octanol–water partition coefficient (Wildman–Crippen LogP) is 4.03. The van der Waals surface area contributed by atoms with Crippen LogP contribution in [-0.4, -0.2) is 23.0 Å². The monoisotopic (exact) mass is 318 g/mol. The summed E-state index contributed by atoms with van der Waals surface area (Å²) in [4.78, 5) is 18.7. The average molecular weight is 319 g/mol. The summed E-state index contributed by atoms with van der Waals surface area (Å²) in [5.74, 6) is 0.800. The zero-order valence-corrected chi connectivity index (χ0v) is 14.3. The van der Waals surface area contributed by atoms with Gasteiger partial charge in [-0.1, -0.05) is 18.5 Å². The number of benzene rings is 1. The van der Waals surface area contributed by atoms with E-state index in [0.29, 0.717) is 10.4 Å². The Labute approximate surface area is 136 Å². The first kappa shape index (κ1) is 15.6. The van der Waals surface area contributed by atoms with Gasteiger partial charge < -0.3 is 4.98 Å². The molecule has 118 valence electrons. The first-order chi connectivity index (χ1) is 10.5. The topological polar surface area (TPSA) is 36.1 Å². The first-order valence-corrected chi connectivity index (χ1v) is 8.37. The van der Waals surface area contributed by atoms with Crippen LogP contribution in [0.25, 0.3) is 10.9 Å². The van der Waals surface area contributed by atoms with Crippen molar-refractivity contribution in [1.29, 1.82) is 0 Å². The second kappa shape index (κ2) is 6.05. The highest BCUT2D eigenvalue weighted by Crippen LogP contribution is 2.23. The summed E-state index contributed by atoms with van der Waals surface area (Å²) in [6.45, 7) is 9.16. The average Bonchev–Trinajstić information content (AvgIpc) is 2.47. The van der Waals surface area contributed by atoms with E-state index in [2.05, 4.69) is 16.8 Å². The van der Waals surface area contributed by atoms with Crippen LogP contribution in [0.15, 0.2) is 16.9 Å². The summed E-state index contributed by atoms with van der Waals surface area (Å²) in [5.41, 5.74) is 3.89. The Kier molecular flexibility index (Phi) is 4.28. The second-order valence-corrected chi connectivity index (χ2v) is 7.10. The number of aromatic amines is 1. The van der Waals surface area contributed by atoms with Gasteiger partial charge in [-0.3, -0.25) is 9.69 Å². The van der Waals surface area contributed by atoms with Gasteiger partial charge in [0.05, 0.1) is 5.52 Å². The minimum absolute atomic E-state index is 0.121. The summed E-state index contributed by atoms with van der Waals surface area (Å²) in [7, 11) is 0. The number of hydrogen-bond donors (Lipinski definition) is 1. The van der Waals surface area contributed by atoms with Crippen LogP contribution in [0.3, 0.4) is 0 Å². The minimum Gasteiger partial charge on any atom is -0.358 e. The van der Waals surface area contributed by atoms with E-state index in [9.17, 15) is 4.79 Å². The van der Waals surface area contributed by atoms with Crippen LogP contribution >= 0.6 is 11.6 Å². The highest BCUT2D eigenvalue weighted by atomic mass is 35.5. The maximum absolute atomic E-state index is 12.9. The fourth-order valence-corrected chi connectivity index (χ4v) is 3.59. The van der Waals surface area contributed by atoms with Crippen molar-refractivity contribution in [3.05, 3.63) is 44.2 Å². The molecule has 2 aromatic rings. The third-order valence-corrected chi connectivity index (χ3v) is 5.06. The van der Waals surface area contributed by atoms with Crippen LogP contribution in [0.2, 0.25) is 5.02 Å². The number of nitrogens with one attached hydrogen (secondary N) is 1. The number of aryl methyl sites for hydroxylation is 2. The molecule has 3 nitrogen and oxygen atoms in total. The van der Waals surface area contributed by atoms with Gasteiger partial charge in [0.25, 0.3) is 0 Å². The summed E-state index contributed by atoms with van der Waals surface area (Å²) in [6, 6.07) is 3.68. The van der Waals surface area contributed by atoms with Gasteiger partial charge >= 0.3 is 0 Å². The Morgan fingerprint density at radius 3 is 2.64 bits per heavy atom. The zero-order valence-electron chi connectivity index (χ0n) is 13.5. The number of rotatable bonds is 2. The molecule has 1 aromatic carbocycles. The van der Waals surface area contributed by atoms with Crippen molar-refractivity contribution in [1.82, 2.24) is 9.88 Å². The van der Waals surface area contributed by atoms with Gasteiger partial charge in [-0.05, 0) is 63.4 Å². The Hall–Kier alpha value is -1.32. The lowest BCUT2D eigenvalue weighted by molar-refractivity contribution is 0.184. The lowest BCUT2D eigenvalue weighted by Crippen LogP contribution is -2.34. The van der Waals surface area contributed by atoms with Crippen molar-refractivity contribution < 1.29 is 0 Å². The van der Waals surface area contributed by atoms with Crippen LogP contribution in [0.1, 0.15) is 36.6 Å². The molecule has 1 saturated heterocycles. The van der Waals surface area contributed by atoms with E-state index >= 15 is 0 Å². The van der Waals surface area contributed by atoms with E-state index in [1.54, 1.807) is 6.07 Å². The highest BCUT2D eigenvalue weighted by Gasteiger charge is 2.19. The van der Waals surface area contributed by atoms with Crippen LogP contribution < -0.4 is 5.43 Å². The number of piperidine rings is 1. The molecule has 1 aliphatic heterocycles. The number of pyridine rings is 1. The molecule has 1 fully saturated rings. The molecule has 3 rings (SSSR count). The number of H-pyrrole nitrogens is 1. The Bertz CT molecular complexity index is 758. The van der Waals surface area contributed by atoms with Crippen molar-refractivity contribution in [2.24, 2.45) is 5.92 Å². The summed E-state index contributed by atoms with van der Waals surface area (Å²) < 4.78 is 0. The van der Waals surface area contributed by atoms with Crippen molar-refractivity contribution in [3.63, 3.8) is 0 Å². The van der Waals surface area contributed by atoms with Gasteiger partial charge in [0.2, 0.25) is 0 Å². The molecule has 0 bridgehead atoms. The normalized spacial score (nSPS) is 17.3. The largest absolute Gasteiger partial charge is 0.358 e. The molecule has 1 aromatic heterocycles. The molecule has 1 N–H and O–H groups in total. The lowest BCUT2D eigenvalue weighted by Gasteiger charge is -2.30. The van der Waals surface area contributed by atoms with Crippen molar-refractivity contribution >= 4 is 22.5 Å². The number of hydrogen-bond acceptors (Lipinski definition) is 2. The molecule has 0 atom stereocenters. The summed E-state index contributed by atoms with van der Waals surface area (Å²) >= 11 is 6.13. The molecule has 0 unspecified atom stereocenters. The molecular weight excluding hydrogens is 296 g/mol. The number of halogens is 1. The molecule has 0 amide bonds. The Morgan fingerprint density at radius 1 is 1.27 bits per heavy atom. The minimum atomic E-state index is 0.121. The van der Waals surface area contributed by atoms with Crippen LogP contribution in [0.4, 0.5) is 0 Å². The quantitative estimate of drug-likeness (QED) is 0.907. The summed E-state index contributed by atoms with van der Waals surface area (Å²) in [5, 5.41) is 1.33. The molecule has 0 radical (unpaired) electrons. The number of likely N-dealkylation sites (tertiary alicyclic amines) is 1. The van der Waals surface area contributed by atoms with Gasteiger partial charge in [0, 0.05) is 28.2 Å². The predicted molar refractivity (Wildman–Crippen MR) is 92.7 cm³/mol. The first-order valence-electron chi connectivity index (χ1n) is 7.99. The molecular formula is C18H23ClN2O. The van der Waals surface area contributed by atoms with Crippen molar-refractivity contribution in [3.8, 4) is 0 Å². The maximum Gasteiger partial charge on any atom is 0.194 e. The van der Waals surface area contributed by atoms with E-state index in [1.807, 2.05) is 19.9 Å². The third-order valence-electron chi connectivity index (χ3n) is 4.84. The third kappa shape index (κ3) is 2.92. The van der Waals surface area contributed by atoms with Gasteiger partial charge in [-0.15, -0.1) is 0 Å². The number of aromatic nitrogens is 1. The highest BCUT2D eigenvalue weighted by molar-refractivity contribution is 6.31. The van der Waals surface area contributed by atoms with Gasteiger partial charge in [0.15, 0.2) is 5.43 Å². The Balaban J connectivity index is 2.01. The van der Waals surface area contributed by atoms with E-state index in [4.69, 9.17) is 11.6 Å². The van der Waals surface area contributed by atoms with Crippen LogP contribution in [0, 0.1) is 19.8 Å². The van der Waals surface area contributed by atoms with Gasteiger partial charge in [0.1, 0.15) is 0 Å². The lowest BCUT2D eigenvalue weighted by atomic mass is 9.98. The van der Waals surface area contributed by atoms with Crippen LogP contribution in [0.5, 0.6) is 0 Å². The molecule has 1 aliphatic rings. The SMILES string of the molecule is Cc1[nH]c2c(C)cc(Cl)cc2c(=O)c1CN1CCC(C)CC1. The number of nitrogens with zero attached hydrogens (tertiary/aromatic N) is 1. The van der Waals surface area contributed by atoms with Crippen molar-refractivity contribution in [2.45, 2.75) is 40.2 Å². The van der Waals surface area contributed by atoms with E-state index in [0.717, 1.165) is 47.9 Å². The van der Waals surface area contributed by atoms with E-state index in [1.165, 1.54) is 12.8 Å². The number of fused-ring (bicyclic) bond motifs is 1. The van der Waals surface area contributed by atoms with E-state index < -0.39 is 0 Å². The molecule has 2 heterocycles. The van der Waals surface area contributed by atoms with Crippen molar-refractivity contribution in [2.75, 3.05) is 13.1 Å². The molecule has 0 spiro atoms. The summed E-state index contributed by atoms with van der Waals surface area (Å²) in [6.07, 6.45) is 2.44. The van der Waals surface area contributed by atoms with E-state index in [-0.39, 0.29) is 5.43 Å². The smallest absolute Gasteiger partial charge is 0.194 e. The fourth-order valence-electron chi connectivity index (χ4n) is 3.32. The maximum atomic E-state index is 12.9. The second-order valence-electron chi connectivity index (χ2n) is 6.66. The Morgan fingerprint density at radius 2 is 1.95 bits per heavy atom. The molecule has 22 heavy (non-hydrogen) atoms. The molecule has 0 aliphatic carbocycles. The van der Waals surface area contributed by atoms with Gasteiger partial charge in [-0.2, -0.15) is 0 Å². The zero-order chi connectivity index (χ0) is 15.9. The van der Waals surface area contributed by atoms with Crippen LogP contribution in [-0.2, 0) is 6.54 Å². The molecule has 0 saturated carbocycles. The standard InChI is InChI=1S/C18H23ClN2O/c1-11-4-6-21(7-5-11)10-16-13(3)20-17-12(2)8-14(19)9-15(17)18(16)22/h8-9,11H,4-7,10H2,1-3H3,(H,20,22). The fraction of sp³-hybridized carbons (Fsp3) is 0.500.